The maximum atomic E-state index is 9.05. The molecule has 1 aromatic heterocycles. The third-order valence-electron chi connectivity index (χ3n) is 2.98. The van der Waals surface area contributed by atoms with Crippen molar-refractivity contribution in [3.63, 3.8) is 0 Å². The summed E-state index contributed by atoms with van der Waals surface area (Å²) in [5.41, 5.74) is 1.64. The van der Waals surface area contributed by atoms with E-state index < -0.39 is 0 Å². The van der Waals surface area contributed by atoms with Gasteiger partial charge in [-0.1, -0.05) is 26.7 Å². The summed E-state index contributed by atoms with van der Waals surface area (Å²) in [5.74, 6) is 1.36. The first-order valence-corrected chi connectivity index (χ1v) is 5.82. The Morgan fingerprint density at radius 3 is 2.69 bits per heavy atom. The van der Waals surface area contributed by atoms with Crippen LogP contribution in [0.1, 0.15) is 37.8 Å². The zero-order valence-corrected chi connectivity index (χ0v) is 10.2. The van der Waals surface area contributed by atoms with Gasteiger partial charge in [-0.3, -0.25) is 0 Å². The van der Waals surface area contributed by atoms with Gasteiger partial charge in [0, 0.05) is 12.7 Å². The summed E-state index contributed by atoms with van der Waals surface area (Å²) in [6.07, 6.45) is 4.04. The fourth-order valence-electron chi connectivity index (χ4n) is 1.65. The highest BCUT2D eigenvalue weighted by molar-refractivity contribution is 5.55. The lowest BCUT2D eigenvalue weighted by molar-refractivity contribution is 0.518. The second-order valence-corrected chi connectivity index (χ2v) is 4.03. The Bertz CT molecular complexity index is 375. The molecule has 0 amide bonds. The average Bonchev–Trinajstić information content (AvgIpc) is 2.30. The molecular weight excluding hydrogens is 198 g/mol. The molecule has 1 rings (SSSR count). The molecule has 0 fully saturated rings. The van der Waals surface area contributed by atoms with Crippen LogP contribution >= 0.6 is 0 Å². The van der Waals surface area contributed by atoms with E-state index in [9.17, 15) is 0 Å². The van der Waals surface area contributed by atoms with Gasteiger partial charge in [0.25, 0.3) is 0 Å². The third-order valence-corrected chi connectivity index (χ3v) is 2.98. The minimum absolute atomic E-state index is 0.647. The number of hydrogen-bond acceptors (Lipinski definition) is 3. The Balaban J connectivity index is 2.74. The van der Waals surface area contributed by atoms with Crippen LogP contribution in [-0.2, 0) is 0 Å². The van der Waals surface area contributed by atoms with Gasteiger partial charge in [-0.15, -0.1) is 0 Å². The van der Waals surface area contributed by atoms with Gasteiger partial charge >= 0.3 is 0 Å². The summed E-state index contributed by atoms with van der Waals surface area (Å²) >= 11 is 0. The van der Waals surface area contributed by atoms with Crippen LogP contribution in [0, 0.1) is 24.2 Å². The first-order valence-electron chi connectivity index (χ1n) is 5.82. The van der Waals surface area contributed by atoms with E-state index in [1.807, 2.05) is 13.0 Å². The van der Waals surface area contributed by atoms with Crippen LogP contribution in [0.25, 0.3) is 0 Å². The van der Waals surface area contributed by atoms with Crippen LogP contribution in [0.3, 0.4) is 0 Å². The average molecular weight is 217 g/mol. The molecule has 1 aromatic rings. The Kier molecular flexibility index (Phi) is 4.78. The molecule has 16 heavy (non-hydrogen) atoms. The molecule has 0 aromatic carbocycles. The van der Waals surface area contributed by atoms with Crippen molar-refractivity contribution >= 4 is 5.82 Å². The van der Waals surface area contributed by atoms with Crippen LogP contribution in [0.2, 0.25) is 0 Å². The fraction of sp³-hybridized carbons (Fsp3) is 0.538. The highest BCUT2D eigenvalue weighted by atomic mass is 15.0. The van der Waals surface area contributed by atoms with Crippen molar-refractivity contribution in [2.45, 2.75) is 33.6 Å². The number of nitrogens with zero attached hydrogens (tertiary/aromatic N) is 2. The molecule has 0 aliphatic rings. The van der Waals surface area contributed by atoms with Gasteiger partial charge in [-0.2, -0.15) is 5.26 Å². The Hall–Kier alpha value is -1.56. The third kappa shape index (κ3) is 2.96. The molecule has 0 atom stereocenters. The van der Waals surface area contributed by atoms with Crippen molar-refractivity contribution < 1.29 is 0 Å². The minimum atomic E-state index is 0.647. The summed E-state index contributed by atoms with van der Waals surface area (Å²) in [7, 11) is 0. The molecule has 0 unspecified atom stereocenters. The Morgan fingerprint density at radius 2 is 2.12 bits per heavy atom. The Morgan fingerprint density at radius 1 is 1.44 bits per heavy atom. The van der Waals surface area contributed by atoms with Crippen LogP contribution in [0.5, 0.6) is 0 Å². The van der Waals surface area contributed by atoms with Gasteiger partial charge in [0.15, 0.2) is 0 Å². The SMILES string of the molecule is CCC(CC)CNc1nccc(C)c1C#N. The standard InChI is InChI=1S/C13H19N3/c1-4-11(5-2)9-16-13-12(8-14)10(3)6-7-15-13/h6-7,11H,4-5,9H2,1-3H3,(H,15,16). The predicted molar refractivity (Wildman–Crippen MR) is 66.3 cm³/mol. The highest BCUT2D eigenvalue weighted by Crippen LogP contribution is 2.16. The molecule has 0 spiro atoms. The van der Waals surface area contributed by atoms with E-state index in [0.29, 0.717) is 11.5 Å². The van der Waals surface area contributed by atoms with E-state index in [1.165, 1.54) is 0 Å². The molecule has 0 saturated carbocycles. The highest BCUT2D eigenvalue weighted by Gasteiger charge is 2.08. The summed E-state index contributed by atoms with van der Waals surface area (Å²) in [4.78, 5) is 4.22. The van der Waals surface area contributed by atoms with Crippen molar-refractivity contribution in [3.8, 4) is 6.07 Å². The summed E-state index contributed by atoms with van der Waals surface area (Å²) in [6, 6.07) is 4.06. The molecule has 1 N–H and O–H groups in total. The van der Waals surface area contributed by atoms with Crippen molar-refractivity contribution in [2.24, 2.45) is 5.92 Å². The second-order valence-electron chi connectivity index (χ2n) is 4.03. The maximum Gasteiger partial charge on any atom is 0.144 e. The lowest BCUT2D eigenvalue weighted by Crippen LogP contribution is -2.14. The van der Waals surface area contributed by atoms with Gasteiger partial charge in [-0.25, -0.2) is 4.98 Å². The van der Waals surface area contributed by atoms with E-state index in [4.69, 9.17) is 5.26 Å². The number of nitriles is 1. The molecule has 1 heterocycles. The van der Waals surface area contributed by atoms with E-state index in [0.717, 1.165) is 30.8 Å². The largest absolute Gasteiger partial charge is 0.369 e. The number of nitrogens with one attached hydrogen (secondary N) is 1. The molecular formula is C13H19N3. The van der Waals surface area contributed by atoms with Crippen molar-refractivity contribution in [3.05, 3.63) is 23.4 Å². The first kappa shape index (κ1) is 12.5. The fourth-order valence-corrected chi connectivity index (χ4v) is 1.65. The van der Waals surface area contributed by atoms with Crippen LogP contribution in [-0.4, -0.2) is 11.5 Å². The Labute approximate surface area is 97.5 Å². The molecule has 0 aliphatic carbocycles. The number of aryl methyl sites for hydroxylation is 1. The van der Waals surface area contributed by atoms with E-state index >= 15 is 0 Å². The molecule has 3 nitrogen and oxygen atoms in total. The maximum absolute atomic E-state index is 9.05. The van der Waals surface area contributed by atoms with Crippen LogP contribution in [0.15, 0.2) is 12.3 Å². The normalized spacial score (nSPS) is 10.2. The molecule has 0 saturated heterocycles. The minimum Gasteiger partial charge on any atom is -0.369 e. The van der Waals surface area contributed by atoms with E-state index in [1.54, 1.807) is 6.20 Å². The molecule has 0 radical (unpaired) electrons. The number of aromatic nitrogens is 1. The summed E-state index contributed by atoms with van der Waals surface area (Å²) in [6.45, 7) is 7.19. The zero-order chi connectivity index (χ0) is 12.0. The van der Waals surface area contributed by atoms with Crippen molar-refractivity contribution in [1.29, 1.82) is 5.26 Å². The topological polar surface area (TPSA) is 48.7 Å². The van der Waals surface area contributed by atoms with Gasteiger partial charge < -0.3 is 5.32 Å². The number of hydrogen-bond donors (Lipinski definition) is 1. The van der Waals surface area contributed by atoms with Gasteiger partial charge in [0.1, 0.15) is 11.9 Å². The van der Waals surface area contributed by atoms with Gasteiger partial charge in [0.05, 0.1) is 5.56 Å². The monoisotopic (exact) mass is 217 g/mol. The molecule has 86 valence electrons. The molecule has 0 aliphatic heterocycles. The lowest BCUT2D eigenvalue weighted by atomic mass is 10.0. The molecule has 0 bridgehead atoms. The summed E-state index contributed by atoms with van der Waals surface area (Å²) < 4.78 is 0. The quantitative estimate of drug-likeness (QED) is 0.824. The van der Waals surface area contributed by atoms with E-state index in [-0.39, 0.29) is 0 Å². The van der Waals surface area contributed by atoms with Gasteiger partial charge in [-0.05, 0) is 24.5 Å². The number of anilines is 1. The second kappa shape index (κ2) is 6.12. The molecule has 3 heteroatoms. The van der Waals surface area contributed by atoms with Crippen LogP contribution in [0.4, 0.5) is 5.82 Å². The predicted octanol–water partition coefficient (Wildman–Crippen LogP) is 3.11. The zero-order valence-electron chi connectivity index (χ0n) is 10.2. The van der Waals surface area contributed by atoms with Crippen LogP contribution < -0.4 is 5.32 Å². The van der Waals surface area contributed by atoms with Crippen molar-refractivity contribution in [2.75, 3.05) is 11.9 Å². The first-order chi connectivity index (χ1) is 7.72. The van der Waals surface area contributed by atoms with E-state index in [2.05, 4.69) is 30.2 Å². The van der Waals surface area contributed by atoms with Gasteiger partial charge in [0.2, 0.25) is 0 Å². The van der Waals surface area contributed by atoms with Crippen molar-refractivity contribution in [1.82, 2.24) is 4.98 Å². The number of pyridine rings is 1. The smallest absolute Gasteiger partial charge is 0.144 e. The summed E-state index contributed by atoms with van der Waals surface area (Å²) in [5, 5.41) is 12.3. The number of rotatable bonds is 5. The lowest BCUT2D eigenvalue weighted by Gasteiger charge is -2.14.